The average molecular weight is 450 g/mol. The molecule has 5 nitrogen and oxygen atoms in total. The van der Waals surface area contributed by atoms with Crippen LogP contribution < -0.4 is 5.73 Å². The average Bonchev–Trinajstić information content (AvgIpc) is 3.07. The lowest BCUT2D eigenvalue weighted by Crippen LogP contribution is -1.93. The van der Waals surface area contributed by atoms with E-state index in [1.165, 1.54) is 35.2 Å². The van der Waals surface area contributed by atoms with Crippen molar-refractivity contribution in [1.82, 2.24) is 20.2 Å². The van der Waals surface area contributed by atoms with Gasteiger partial charge in [-0.1, -0.05) is 52.7 Å². The van der Waals surface area contributed by atoms with Gasteiger partial charge in [0.05, 0.1) is 26.8 Å². The van der Waals surface area contributed by atoms with Crippen molar-refractivity contribution in [1.29, 1.82) is 0 Å². The summed E-state index contributed by atoms with van der Waals surface area (Å²) < 4.78 is 13.7. The molecule has 0 radical (unpaired) electrons. The van der Waals surface area contributed by atoms with Gasteiger partial charge < -0.3 is 5.73 Å². The molecule has 140 valence electrons. The Morgan fingerprint density at radius 1 is 0.964 bits per heavy atom. The van der Waals surface area contributed by atoms with Crippen molar-refractivity contribution in [2.24, 2.45) is 0 Å². The van der Waals surface area contributed by atoms with Gasteiger partial charge in [-0.05, 0) is 47.7 Å². The molecule has 10 heteroatoms. The van der Waals surface area contributed by atoms with Crippen LogP contribution in [0, 0.1) is 5.82 Å². The van der Waals surface area contributed by atoms with E-state index in [0.29, 0.717) is 41.3 Å². The Balaban J connectivity index is 1.79. The van der Waals surface area contributed by atoms with E-state index in [4.69, 9.17) is 28.9 Å². The van der Waals surface area contributed by atoms with Gasteiger partial charge >= 0.3 is 0 Å². The summed E-state index contributed by atoms with van der Waals surface area (Å²) in [7, 11) is 0. The fourth-order valence-electron chi connectivity index (χ4n) is 2.33. The van der Waals surface area contributed by atoms with E-state index < -0.39 is 0 Å². The summed E-state index contributed by atoms with van der Waals surface area (Å²) >= 11 is 14.8. The molecule has 0 atom stereocenters. The monoisotopic (exact) mass is 449 g/mol. The molecule has 0 spiro atoms. The standard InChI is InChI=1S/C18H10Cl2FN5S2/c19-11-7-14-15(8-12(11)20)24-16(27-18-26-25-17(22)28-18)13(23-14)6-3-9-1-4-10(21)5-2-9/h1-8H,(H2,22,25)/b6-3+. The van der Waals surface area contributed by atoms with E-state index in [-0.39, 0.29) is 5.82 Å². The number of anilines is 1. The molecule has 0 bridgehead atoms. The van der Waals surface area contributed by atoms with Gasteiger partial charge in [0, 0.05) is 0 Å². The molecule has 0 aliphatic heterocycles. The van der Waals surface area contributed by atoms with Crippen LogP contribution in [0.4, 0.5) is 9.52 Å². The molecule has 0 aliphatic rings. The first-order valence-corrected chi connectivity index (χ1v) is 10.2. The summed E-state index contributed by atoms with van der Waals surface area (Å²) in [5.74, 6) is -0.292. The topological polar surface area (TPSA) is 77.6 Å². The van der Waals surface area contributed by atoms with E-state index in [0.717, 1.165) is 5.56 Å². The highest BCUT2D eigenvalue weighted by Crippen LogP contribution is 2.34. The van der Waals surface area contributed by atoms with Crippen LogP contribution in [0.15, 0.2) is 45.8 Å². The van der Waals surface area contributed by atoms with Gasteiger partial charge in [-0.3, -0.25) is 0 Å². The SMILES string of the molecule is Nc1nnc(Sc2nc3cc(Cl)c(Cl)cc3nc2/C=C/c2ccc(F)cc2)s1. The van der Waals surface area contributed by atoms with Crippen LogP contribution in [-0.2, 0) is 0 Å². The van der Waals surface area contributed by atoms with Crippen LogP contribution in [0.25, 0.3) is 23.2 Å². The van der Waals surface area contributed by atoms with Crippen LogP contribution >= 0.6 is 46.3 Å². The first kappa shape index (κ1) is 19.1. The molecule has 0 saturated carbocycles. The fourth-order valence-corrected chi connectivity index (χ4v) is 4.25. The predicted octanol–water partition coefficient (Wildman–Crippen LogP) is 5.83. The molecule has 0 amide bonds. The molecule has 4 aromatic rings. The zero-order valence-corrected chi connectivity index (χ0v) is 17.1. The van der Waals surface area contributed by atoms with Crippen molar-refractivity contribution in [2.75, 3.05) is 5.73 Å². The van der Waals surface area contributed by atoms with Crippen molar-refractivity contribution >= 4 is 74.6 Å². The van der Waals surface area contributed by atoms with Crippen molar-refractivity contribution in [3.05, 3.63) is 63.5 Å². The van der Waals surface area contributed by atoms with Gasteiger partial charge in [-0.25, -0.2) is 14.4 Å². The lowest BCUT2D eigenvalue weighted by atomic mass is 10.2. The molecule has 4 rings (SSSR count). The van der Waals surface area contributed by atoms with Crippen molar-refractivity contribution in [2.45, 2.75) is 9.37 Å². The summed E-state index contributed by atoms with van der Waals surface area (Å²) in [6.07, 6.45) is 3.63. The van der Waals surface area contributed by atoms with Crippen molar-refractivity contribution < 1.29 is 4.39 Å². The minimum Gasteiger partial charge on any atom is -0.374 e. The molecular weight excluding hydrogens is 440 g/mol. The van der Waals surface area contributed by atoms with E-state index in [1.807, 2.05) is 6.08 Å². The zero-order chi connectivity index (χ0) is 19.7. The number of nitrogens with two attached hydrogens (primary N) is 1. The van der Waals surface area contributed by atoms with E-state index >= 15 is 0 Å². The van der Waals surface area contributed by atoms with Gasteiger partial charge in [-0.2, -0.15) is 0 Å². The second kappa shape index (κ2) is 8.00. The minimum atomic E-state index is -0.292. The van der Waals surface area contributed by atoms with Crippen molar-refractivity contribution in [3.8, 4) is 0 Å². The minimum absolute atomic E-state index is 0.292. The van der Waals surface area contributed by atoms with Gasteiger partial charge in [0.2, 0.25) is 5.13 Å². The third kappa shape index (κ3) is 4.25. The summed E-state index contributed by atoms with van der Waals surface area (Å²) in [4.78, 5) is 9.30. The summed E-state index contributed by atoms with van der Waals surface area (Å²) in [6.45, 7) is 0. The molecule has 0 aliphatic carbocycles. The highest BCUT2D eigenvalue weighted by atomic mass is 35.5. The number of rotatable bonds is 4. The molecule has 2 heterocycles. The van der Waals surface area contributed by atoms with E-state index in [9.17, 15) is 4.39 Å². The predicted molar refractivity (Wildman–Crippen MR) is 113 cm³/mol. The molecule has 0 unspecified atom stereocenters. The first-order chi connectivity index (χ1) is 13.5. The maximum Gasteiger partial charge on any atom is 0.203 e. The van der Waals surface area contributed by atoms with Gasteiger partial charge in [-0.15, -0.1) is 10.2 Å². The van der Waals surface area contributed by atoms with Crippen molar-refractivity contribution in [3.63, 3.8) is 0 Å². The molecule has 2 N–H and O–H groups in total. The number of nitrogen functional groups attached to an aromatic ring is 1. The lowest BCUT2D eigenvalue weighted by Gasteiger charge is -2.06. The van der Waals surface area contributed by atoms with Crippen LogP contribution in [0.5, 0.6) is 0 Å². The highest BCUT2D eigenvalue weighted by molar-refractivity contribution is 8.01. The molecule has 0 saturated heterocycles. The Kier molecular flexibility index (Phi) is 5.45. The maximum absolute atomic E-state index is 13.1. The molecule has 0 fully saturated rings. The number of hydrogen-bond donors (Lipinski definition) is 1. The Morgan fingerprint density at radius 3 is 2.29 bits per heavy atom. The first-order valence-electron chi connectivity index (χ1n) is 7.85. The summed E-state index contributed by atoms with van der Waals surface area (Å²) in [5, 5.41) is 9.61. The summed E-state index contributed by atoms with van der Waals surface area (Å²) in [6, 6.07) is 9.47. The quantitative estimate of drug-likeness (QED) is 0.422. The largest absolute Gasteiger partial charge is 0.374 e. The smallest absolute Gasteiger partial charge is 0.203 e. The van der Waals surface area contributed by atoms with Crippen LogP contribution in [0.3, 0.4) is 0 Å². The highest BCUT2D eigenvalue weighted by Gasteiger charge is 2.13. The number of aromatic nitrogens is 4. The third-order valence-corrected chi connectivity index (χ3v) is 6.13. The molecule has 2 aromatic carbocycles. The third-order valence-electron chi connectivity index (χ3n) is 3.61. The van der Waals surface area contributed by atoms with Gasteiger partial charge in [0.1, 0.15) is 10.8 Å². The van der Waals surface area contributed by atoms with Gasteiger partial charge in [0.25, 0.3) is 0 Å². The number of nitrogens with zero attached hydrogens (tertiary/aromatic N) is 4. The Morgan fingerprint density at radius 2 is 1.64 bits per heavy atom. The van der Waals surface area contributed by atoms with E-state index in [1.54, 1.807) is 30.3 Å². The Labute approximate surface area is 177 Å². The maximum atomic E-state index is 13.1. The zero-order valence-electron chi connectivity index (χ0n) is 13.9. The number of hydrogen-bond acceptors (Lipinski definition) is 7. The molecule has 2 aromatic heterocycles. The summed E-state index contributed by atoms with van der Waals surface area (Å²) in [5.41, 5.74) is 8.31. The number of halogens is 3. The Hall–Kier alpha value is -2.26. The van der Waals surface area contributed by atoms with Crippen LogP contribution in [0.2, 0.25) is 10.0 Å². The number of fused-ring (bicyclic) bond motifs is 1. The van der Waals surface area contributed by atoms with Gasteiger partial charge in [0.15, 0.2) is 4.34 Å². The van der Waals surface area contributed by atoms with Crippen LogP contribution in [-0.4, -0.2) is 20.2 Å². The lowest BCUT2D eigenvalue weighted by molar-refractivity contribution is 0.628. The van der Waals surface area contributed by atoms with E-state index in [2.05, 4.69) is 20.2 Å². The number of benzene rings is 2. The van der Waals surface area contributed by atoms with Crippen LogP contribution in [0.1, 0.15) is 11.3 Å². The molecular formula is C18H10Cl2FN5S2. The fraction of sp³-hybridized carbons (Fsp3) is 0. The second-order valence-electron chi connectivity index (χ2n) is 5.56. The second-order valence-corrected chi connectivity index (χ2v) is 8.62. The Bertz CT molecular complexity index is 1190. The normalized spacial score (nSPS) is 11.5. The molecule has 28 heavy (non-hydrogen) atoms.